The second-order valence-corrected chi connectivity index (χ2v) is 5.04. The topological polar surface area (TPSA) is 81.2 Å². The summed E-state index contributed by atoms with van der Waals surface area (Å²) in [5.74, 6) is 0. The minimum absolute atomic E-state index is 0.00526. The van der Waals surface area contributed by atoms with Crippen molar-refractivity contribution in [3.8, 4) is 0 Å². The molecule has 1 heterocycles. The van der Waals surface area contributed by atoms with Crippen LogP contribution in [0.4, 0.5) is 0 Å². The second-order valence-electron chi connectivity index (χ2n) is 2.93. The normalized spacial score (nSPS) is 11.6. The lowest BCUT2D eigenvalue weighted by Gasteiger charge is -2.05. The number of halogens is 1. The van der Waals surface area contributed by atoms with Crippen molar-refractivity contribution in [2.45, 2.75) is 11.3 Å². The summed E-state index contributed by atoms with van der Waals surface area (Å²) in [6, 6.07) is 0. The van der Waals surface area contributed by atoms with Crippen molar-refractivity contribution in [1.82, 2.24) is 14.7 Å². The first-order valence-corrected chi connectivity index (χ1v) is 6.38. The van der Waals surface area contributed by atoms with E-state index >= 15 is 0 Å². The standard InChI is InChI=1S/C8H12ClN3O3S/c1-15-4-2-3-12-16(13,14)7-5-10-8(9)11-6-7/h5-6,12H,2-4H2,1H3. The maximum absolute atomic E-state index is 11.6. The number of nitrogens with zero attached hydrogens (tertiary/aromatic N) is 2. The molecule has 1 aromatic heterocycles. The Morgan fingerprint density at radius 1 is 1.44 bits per heavy atom. The van der Waals surface area contributed by atoms with E-state index in [2.05, 4.69) is 14.7 Å². The summed E-state index contributed by atoms with van der Waals surface area (Å²) in [4.78, 5) is 7.20. The largest absolute Gasteiger partial charge is 0.385 e. The Hall–Kier alpha value is -0.760. The highest BCUT2D eigenvalue weighted by molar-refractivity contribution is 7.89. The number of hydrogen-bond donors (Lipinski definition) is 1. The quantitative estimate of drug-likeness (QED) is 0.596. The van der Waals surface area contributed by atoms with Crippen LogP contribution in [0.15, 0.2) is 17.3 Å². The van der Waals surface area contributed by atoms with Gasteiger partial charge in [-0.25, -0.2) is 23.1 Å². The van der Waals surface area contributed by atoms with Gasteiger partial charge in [0.05, 0.1) is 12.4 Å². The smallest absolute Gasteiger partial charge is 0.243 e. The second kappa shape index (κ2) is 6.09. The van der Waals surface area contributed by atoms with E-state index < -0.39 is 10.0 Å². The summed E-state index contributed by atoms with van der Waals surface area (Å²) in [5, 5.41) is 0.0123. The fraction of sp³-hybridized carbons (Fsp3) is 0.500. The fourth-order valence-electron chi connectivity index (χ4n) is 0.946. The third-order valence-corrected chi connectivity index (χ3v) is 3.34. The van der Waals surface area contributed by atoms with Gasteiger partial charge in [0.15, 0.2) is 0 Å². The van der Waals surface area contributed by atoms with Crippen LogP contribution in [-0.2, 0) is 14.8 Å². The SMILES string of the molecule is COCCCNS(=O)(=O)c1cnc(Cl)nc1. The van der Waals surface area contributed by atoms with Crippen molar-refractivity contribution in [1.29, 1.82) is 0 Å². The molecule has 0 saturated carbocycles. The third kappa shape index (κ3) is 4.01. The lowest BCUT2D eigenvalue weighted by Crippen LogP contribution is -2.25. The van der Waals surface area contributed by atoms with Gasteiger partial charge in [0.1, 0.15) is 4.90 Å². The van der Waals surface area contributed by atoms with Crippen LogP contribution in [0, 0.1) is 0 Å². The number of sulfonamides is 1. The number of methoxy groups -OCH3 is 1. The molecule has 8 heteroatoms. The minimum Gasteiger partial charge on any atom is -0.385 e. The Bertz CT molecular complexity index is 421. The van der Waals surface area contributed by atoms with Crippen molar-refractivity contribution >= 4 is 21.6 Å². The molecular formula is C8H12ClN3O3S. The van der Waals surface area contributed by atoms with E-state index in [0.29, 0.717) is 19.6 Å². The first-order chi connectivity index (χ1) is 7.56. The molecule has 0 unspecified atom stereocenters. The minimum atomic E-state index is -3.55. The maximum atomic E-state index is 11.6. The van der Waals surface area contributed by atoms with Crippen molar-refractivity contribution in [2.24, 2.45) is 0 Å². The van der Waals surface area contributed by atoms with E-state index in [1.54, 1.807) is 7.11 Å². The molecule has 0 aliphatic rings. The Labute approximate surface area is 99.1 Å². The number of rotatable bonds is 6. The van der Waals surface area contributed by atoms with Crippen LogP contribution < -0.4 is 4.72 Å². The van der Waals surface area contributed by atoms with Crippen LogP contribution in [0.3, 0.4) is 0 Å². The Morgan fingerprint density at radius 3 is 2.62 bits per heavy atom. The number of hydrogen-bond acceptors (Lipinski definition) is 5. The van der Waals surface area contributed by atoms with E-state index in [4.69, 9.17) is 16.3 Å². The summed E-state index contributed by atoms with van der Waals surface area (Å²) < 4.78 is 30.5. The highest BCUT2D eigenvalue weighted by Gasteiger charge is 2.13. The molecule has 0 aliphatic carbocycles. The van der Waals surface area contributed by atoms with Crippen LogP contribution in [-0.4, -0.2) is 38.6 Å². The van der Waals surface area contributed by atoms with Gasteiger partial charge in [-0.1, -0.05) is 0 Å². The average Bonchev–Trinajstić information content (AvgIpc) is 2.25. The molecule has 1 aromatic rings. The van der Waals surface area contributed by atoms with Crippen molar-refractivity contribution in [3.05, 3.63) is 17.7 Å². The first-order valence-electron chi connectivity index (χ1n) is 4.52. The van der Waals surface area contributed by atoms with Gasteiger partial charge in [-0.2, -0.15) is 0 Å². The van der Waals surface area contributed by atoms with E-state index in [0.717, 1.165) is 12.4 Å². The van der Waals surface area contributed by atoms with Gasteiger partial charge < -0.3 is 4.74 Å². The van der Waals surface area contributed by atoms with E-state index in [1.807, 2.05) is 0 Å². The first kappa shape index (κ1) is 13.3. The Morgan fingerprint density at radius 2 is 2.06 bits per heavy atom. The zero-order valence-electron chi connectivity index (χ0n) is 8.68. The Balaban J connectivity index is 2.60. The van der Waals surface area contributed by atoms with Gasteiger partial charge in [0, 0.05) is 20.3 Å². The molecule has 0 fully saturated rings. The molecule has 0 radical (unpaired) electrons. The summed E-state index contributed by atoms with van der Waals surface area (Å²) in [7, 11) is -1.99. The molecule has 0 saturated heterocycles. The van der Waals surface area contributed by atoms with E-state index in [-0.39, 0.29) is 10.2 Å². The molecule has 0 bridgehead atoms. The molecule has 0 amide bonds. The summed E-state index contributed by atoms with van der Waals surface area (Å²) in [6.07, 6.45) is 2.92. The van der Waals surface area contributed by atoms with Crippen molar-refractivity contribution < 1.29 is 13.2 Å². The van der Waals surface area contributed by atoms with Gasteiger partial charge in [0.25, 0.3) is 0 Å². The molecule has 90 valence electrons. The summed E-state index contributed by atoms with van der Waals surface area (Å²) in [6.45, 7) is 0.804. The molecule has 0 aromatic carbocycles. The molecule has 1 N–H and O–H groups in total. The molecule has 0 atom stereocenters. The molecular weight excluding hydrogens is 254 g/mol. The highest BCUT2D eigenvalue weighted by atomic mass is 35.5. The fourth-order valence-corrected chi connectivity index (χ4v) is 2.01. The van der Waals surface area contributed by atoms with Crippen LogP contribution in [0.25, 0.3) is 0 Å². The molecule has 0 spiro atoms. The van der Waals surface area contributed by atoms with Crippen LogP contribution in [0.5, 0.6) is 0 Å². The number of ether oxygens (including phenoxy) is 1. The molecule has 0 aliphatic heterocycles. The van der Waals surface area contributed by atoms with Gasteiger partial charge in [-0.05, 0) is 18.0 Å². The lowest BCUT2D eigenvalue weighted by atomic mass is 10.5. The van der Waals surface area contributed by atoms with E-state index in [1.165, 1.54) is 0 Å². The molecule has 6 nitrogen and oxygen atoms in total. The van der Waals surface area contributed by atoms with Gasteiger partial charge in [-0.15, -0.1) is 0 Å². The number of aromatic nitrogens is 2. The van der Waals surface area contributed by atoms with Crippen molar-refractivity contribution in [3.63, 3.8) is 0 Å². The Kier molecular flexibility index (Phi) is 5.07. The van der Waals surface area contributed by atoms with Gasteiger partial charge >= 0.3 is 0 Å². The van der Waals surface area contributed by atoms with Gasteiger partial charge in [-0.3, -0.25) is 0 Å². The highest BCUT2D eigenvalue weighted by Crippen LogP contribution is 2.07. The van der Waals surface area contributed by atoms with Crippen LogP contribution >= 0.6 is 11.6 Å². The average molecular weight is 266 g/mol. The van der Waals surface area contributed by atoms with E-state index in [9.17, 15) is 8.42 Å². The zero-order valence-corrected chi connectivity index (χ0v) is 10.3. The predicted octanol–water partition coefficient (Wildman–Crippen LogP) is 0.445. The van der Waals surface area contributed by atoms with Crippen LogP contribution in [0.2, 0.25) is 5.28 Å². The van der Waals surface area contributed by atoms with Crippen molar-refractivity contribution in [2.75, 3.05) is 20.3 Å². The molecule has 1 rings (SSSR count). The zero-order chi connectivity index (χ0) is 12.0. The third-order valence-electron chi connectivity index (χ3n) is 1.72. The lowest BCUT2D eigenvalue weighted by molar-refractivity contribution is 0.196. The summed E-state index contributed by atoms with van der Waals surface area (Å²) >= 11 is 5.45. The monoisotopic (exact) mass is 265 g/mol. The van der Waals surface area contributed by atoms with Crippen LogP contribution in [0.1, 0.15) is 6.42 Å². The number of nitrogens with one attached hydrogen (secondary N) is 1. The predicted molar refractivity (Wildman–Crippen MR) is 58.7 cm³/mol. The van der Waals surface area contributed by atoms with Gasteiger partial charge in [0.2, 0.25) is 15.3 Å². The molecule has 16 heavy (non-hydrogen) atoms. The maximum Gasteiger partial charge on any atom is 0.243 e. The summed E-state index contributed by atoms with van der Waals surface area (Å²) in [5.41, 5.74) is 0.